The molecule has 4 rings (SSSR count). The number of anilines is 2. The fourth-order valence-corrected chi connectivity index (χ4v) is 5.96. The second-order valence-electron chi connectivity index (χ2n) is 10.8. The van der Waals surface area contributed by atoms with Crippen molar-refractivity contribution >= 4 is 27.2 Å². The highest BCUT2D eigenvalue weighted by molar-refractivity contribution is 7.92. The number of fused-ring (bicyclic) bond motifs is 1. The molecule has 1 aliphatic carbocycles. The minimum Gasteiger partial charge on any atom is -0.374 e. The van der Waals surface area contributed by atoms with Gasteiger partial charge in [0.2, 0.25) is 0 Å². The summed E-state index contributed by atoms with van der Waals surface area (Å²) in [7, 11) is -3.76. The van der Waals surface area contributed by atoms with Crippen LogP contribution in [0.25, 0.3) is 0 Å². The zero-order valence-corrected chi connectivity index (χ0v) is 21.6. The number of ketones is 1. The molecule has 0 aromatic heterocycles. The topological polar surface area (TPSA) is 75.3 Å². The standard InChI is InChI=1S/C28H34N2O3S/c1-18-7-9-21(10-8-18)28(6)24-17-22(13-16-25(24)29-26(28)19(2)31)30-34(32,33)23-14-11-20(12-15-23)27(3,4)5/h7,9-18,26,29-30H,8H2,1-6H3. The summed E-state index contributed by atoms with van der Waals surface area (Å²) in [4.78, 5) is 12.8. The van der Waals surface area contributed by atoms with Gasteiger partial charge in [-0.05, 0) is 78.6 Å². The molecule has 3 unspecified atom stereocenters. The van der Waals surface area contributed by atoms with Crippen LogP contribution in [0.2, 0.25) is 0 Å². The predicted molar refractivity (Wildman–Crippen MR) is 139 cm³/mol. The minimum absolute atomic E-state index is 0.0488. The quantitative estimate of drug-likeness (QED) is 0.557. The van der Waals surface area contributed by atoms with Crippen molar-refractivity contribution in [2.24, 2.45) is 5.92 Å². The van der Waals surface area contributed by atoms with Gasteiger partial charge >= 0.3 is 0 Å². The van der Waals surface area contributed by atoms with Crippen LogP contribution >= 0.6 is 0 Å². The molecule has 0 bridgehead atoms. The van der Waals surface area contributed by atoms with E-state index in [4.69, 9.17) is 0 Å². The number of allylic oxidation sites excluding steroid dienone is 3. The molecule has 5 nitrogen and oxygen atoms in total. The molecule has 2 aromatic carbocycles. The van der Waals surface area contributed by atoms with E-state index in [-0.39, 0.29) is 16.1 Å². The largest absolute Gasteiger partial charge is 0.374 e. The van der Waals surface area contributed by atoms with Crippen LogP contribution in [0.3, 0.4) is 0 Å². The van der Waals surface area contributed by atoms with Gasteiger partial charge in [-0.3, -0.25) is 9.52 Å². The summed E-state index contributed by atoms with van der Waals surface area (Å²) >= 11 is 0. The number of hydrogen-bond acceptors (Lipinski definition) is 4. The number of carbonyl (C=O) groups excluding carboxylic acids is 1. The lowest BCUT2D eigenvalue weighted by atomic mass is 9.69. The summed E-state index contributed by atoms with van der Waals surface area (Å²) in [5.74, 6) is 0.507. The second-order valence-corrected chi connectivity index (χ2v) is 12.4. The molecule has 180 valence electrons. The maximum atomic E-state index is 13.1. The molecule has 0 fully saturated rings. The number of carbonyl (C=O) groups is 1. The Kier molecular flexibility index (Phi) is 6.01. The van der Waals surface area contributed by atoms with Crippen LogP contribution in [-0.4, -0.2) is 20.2 Å². The molecule has 6 heteroatoms. The van der Waals surface area contributed by atoms with E-state index >= 15 is 0 Å². The number of rotatable bonds is 5. The van der Waals surface area contributed by atoms with Gasteiger partial charge in [-0.25, -0.2) is 8.42 Å². The van der Waals surface area contributed by atoms with Gasteiger partial charge in [-0.2, -0.15) is 0 Å². The Morgan fingerprint density at radius 3 is 2.35 bits per heavy atom. The summed E-state index contributed by atoms with van der Waals surface area (Å²) in [6, 6.07) is 12.1. The molecule has 2 N–H and O–H groups in total. The molecule has 0 saturated heterocycles. The lowest BCUT2D eigenvalue weighted by Gasteiger charge is -2.34. The van der Waals surface area contributed by atoms with E-state index in [1.165, 1.54) is 0 Å². The fourth-order valence-electron chi connectivity index (χ4n) is 4.91. The highest BCUT2D eigenvalue weighted by Crippen LogP contribution is 2.48. The van der Waals surface area contributed by atoms with Crippen molar-refractivity contribution in [2.75, 3.05) is 10.0 Å². The van der Waals surface area contributed by atoms with E-state index in [9.17, 15) is 13.2 Å². The Morgan fingerprint density at radius 2 is 1.79 bits per heavy atom. The monoisotopic (exact) mass is 478 g/mol. The minimum atomic E-state index is -3.76. The molecule has 0 spiro atoms. The molecule has 2 aromatic rings. The molecule has 1 aliphatic heterocycles. The number of sulfonamides is 1. The zero-order chi connectivity index (χ0) is 24.9. The Balaban J connectivity index is 1.69. The highest BCUT2D eigenvalue weighted by Gasteiger charge is 2.47. The SMILES string of the molecule is CC(=O)C1Nc2ccc(NS(=O)(=O)c3ccc(C(C)(C)C)cc3)cc2C1(C)C1=CCC(C)C=C1. The van der Waals surface area contributed by atoms with Crippen LogP contribution in [0.1, 0.15) is 59.1 Å². The molecular formula is C28H34N2O3S. The first-order valence-corrected chi connectivity index (χ1v) is 13.2. The second kappa shape index (κ2) is 8.42. The fraction of sp³-hybridized carbons (Fsp3) is 0.393. The van der Waals surface area contributed by atoms with Gasteiger partial charge in [0.15, 0.2) is 5.78 Å². The summed E-state index contributed by atoms with van der Waals surface area (Å²) in [6.07, 6.45) is 7.39. The lowest BCUT2D eigenvalue weighted by molar-refractivity contribution is -0.118. The summed E-state index contributed by atoms with van der Waals surface area (Å²) < 4.78 is 29.0. The van der Waals surface area contributed by atoms with Gasteiger partial charge < -0.3 is 5.32 Å². The van der Waals surface area contributed by atoms with Crippen molar-refractivity contribution in [3.05, 3.63) is 77.4 Å². The van der Waals surface area contributed by atoms with Crippen LogP contribution in [0.15, 0.2) is 71.2 Å². The van der Waals surface area contributed by atoms with E-state index < -0.39 is 21.5 Å². The average Bonchev–Trinajstić information content (AvgIpc) is 3.07. The van der Waals surface area contributed by atoms with Crippen LogP contribution in [0.4, 0.5) is 11.4 Å². The van der Waals surface area contributed by atoms with Crippen molar-refractivity contribution < 1.29 is 13.2 Å². The van der Waals surface area contributed by atoms with Crippen molar-refractivity contribution in [1.29, 1.82) is 0 Å². The first kappa shape index (κ1) is 24.3. The van der Waals surface area contributed by atoms with Gasteiger partial charge in [0.25, 0.3) is 10.0 Å². The van der Waals surface area contributed by atoms with Crippen LogP contribution < -0.4 is 10.0 Å². The maximum absolute atomic E-state index is 13.1. The van der Waals surface area contributed by atoms with Gasteiger partial charge in [0.1, 0.15) is 0 Å². The molecule has 1 heterocycles. The average molecular weight is 479 g/mol. The number of nitrogens with one attached hydrogen (secondary N) is 2. The predicted octanol–water partition coefficient (Wildman–Crippen LogP) is 5.95. The van der Waals surface area contributed by atoms with E-state index in [0.717, 1.165) is 28.8 Å². The van der Waals surface area contributed by atoms with Crippen molar-refractivity contribution in [3.63, 3.8) is 0 Å². The normalized spacial score (nSPS) is 24.2. The Morgan fingerprint density at radius 1 is 1.12 bits per heavy atom. The first-order valence-electron chi connectivity index (χ1n) is 11.8. The van der Waals surface area contributed by atoms with E-state index in [0.29, 0.717) is 11.6 Å². The molecule has 0 amide bonds. The number of benzene rings is 2. The van der Waals surface area contributed by atoms with E-state index in [1.807, 2.05) is 24.3 Å². The third kappa shape index (κ3) is 4.31. The number of hydrogen-bond donors (Lipinski definition) is 2. The molecule has 2 aliphatic rings. The van der Waals surface area contributed by atoms with Crippen molar-refractivity contribution in [2.45, 2.75) is 69.7 Å². The van der Waals surface area contributed by atoms with Gasteiger partial charge in [0.05, 0.1) is 10.9 Å². The van der Waals surface area contributed by atoms with Gasteiger partial charge in [0, 0.05) is 16.8 Å². The molecular weight excluding hydrogens is 444 g/mol. The first-order chi connectivity index (χ1) is 15.8. The van der Waals surface area contributed by atoms with Crippen LogP contribution in [-0.2, 0) is 25.6 Å². The molecule has 3 atom stereocenters. The Labute approximate surface area is 203 Å². The van der Waals surface area contributed by atoms with Crippen molar-refractivity contribution in [3.8, 4) is 0 Å². The summed E-state index contributed by atoms with van der Waals surface area (Å²) in [5, 5.41) is 3.37. The highest BCUT2D eigenvalue weighted by atomic mass is 32.2. The van der Waals surface area contributed by atoms with E-state index in [2.05, 4.69) is 62.9 Å². The smallest absolute Gasteiger partial charge is 0.261 e. The third-order valence-corrected chi connectivity index (χ3v) is 8.46. The maximum Gasteiger partial charge on any atom is 0.261 e. The molecule has 0 radical (unpaired) electrons. The van der Waals surface area contributed by atoms with Gasteiger partial charge in [-0.15, -0.1) is 0 Å². The Hall–Kier alpha value is -2.86. The molecule has 34 heavy (non-hydrogen) atoms. The zero-order valence-electron chi connectivity index (χ0n) is 20.8. The third-order valence-electron chi connectivity index (χ3n) is 7.06. The van der Waals surface area contributed by atoms with Crippen LogP contribution in [0, 0.1) is 5.92 Å². The summed E-state index contributed by atoms with van der Waals surface area (Å²) in [5.41, 5.74) is 3.76. The summed E-state index contributed by atoms with van der Waals surface area (Å²) in [6.45, 7) is 12.1. The van der Waals surface area contributed by atoms with Crippen molar-refractivity contribution in [1.82, 2.24) is 0 Å². The van der Waals surface area contributed by atoms with Gasteiger partial charge in [-0.1, -0.05) is 58.1 Å². The van der Waals surface area contributed by atoms with E-state index in [1.54, 1.807) is 25.1 Å². The lowest BCUT2D eigenvalue weighted by Crippen LogP contribution is -2.42. The van der Waals surface area contributed by atoms with Crippen LogP contribution in [0.5, 0.6) is 0 Å². The molecule has 0 saturated carbocycles. The number of Topliss-reactive ketones (excluding diaryl/α,β-unsaturated/α-hetero) is 1. The Bertz CT molecular complexity index is 1280.